The van der Waals surface area contributed by atoms with Gasteiger partial charge in [-0.25, -0.2) is 5.57 Å². The van der Waals surface area contributed by atoms with Crippen LogP contribution in [0.4, 0.5) is 0 Å². The van der Waals surface area contributed by atoms with Crippen molar-refractivity contribution in [1.82, 2.24) is 0 Å². The molecule has 0 radical (unpaired) electrons. The monoisotopic (exact) mass is 607 g/mol. The van der Waals surface area contributed by atoms with E-state index < -0.39 is 8.80 Å². The van der Waals surface area contributed by atoms with E-state index in [1.807, 2.05) is 6.92 Å². The molecule has 176 valence electrons. The Balaban J connectivity index is -0.000000164. The molecule has 0 aromatic rings. The summed E-state index contributed by atoms with van der Waals surface area (Å²) in [6, 6.07) is 0. The summed E-state index contributed by atoms with van der Waals surface area (Å²) >= 11 is 0. The molecule has 0 spiro atoms. The Bertz CT molecular complexity index is 405. The minimum absolute atomic E-state index is 0. The molecule has 0 aliphatic heterocycles. The zero-order chi connectivity index (χ0) is 23.4. The van der Waals surface area contributed by atoms with Crippen molar-refractivity contribution in [2.24, 2.45) is 16.2 Å². The molecule has 0 fully saturated rings. The van der Waals surface area contributed by atoms with Gasteiger partial charge in [0.15, 0.2) is 0 Å². The predicted molar refractivity (Wildman–Crippen MR) is 126 cm³/mol. The summed E-state index contributed by atoms with van der Waals surface area (Å²) in [5.74, 6) is 0. The van der Waals surface area contributed by atoms with Gasteiger partial charge in [-0.1, -0.05) is 69.2 Å². The zero-order valence-electron chi connectivity index (χ0n) is 21.4. The van der Waals surface area contributed by atoms with Crippen LogP contribution in [0.3, 0.4) is 0 Å². The molecule has 0 saturated carbocycles. The molecule has 0 aromatic carbocycles. The van der Waals surface area contributed by atoms with Crippen LogP contribution in [0.1, 0.15) is 75.7 Å². The maximum atomic E-state index is 5.36. The number of rotatable bonds is 4. The molecule has 1 rings (SSSR count). The largest absolute Gasteiger partial charge is 4.00 e. The minimum Gasteiger partial charge on any atom is -0.386 e. The van der Waals surface area contributed by atoms with Crippen molar-refractivity contribution in [3.8, 4) is 0 Å². The normalized spacial score (nSPS) is 13.9. The second-order valence-corrected chi connectivity index (χ2v) is 13.4. The molecule has 3 nitrogen and oxygen atoms in total. The summed E-state index contributed by atoms with van der Waals surface area (Å²) in [5, 5.41) is 1.04. The summed E-state index contributed by atoms with van der Waals surface area (Å²) < 4.78 is 16.1. The SMILES string of the molecule is CO[Si](OC)(OC)C1=CC[C-]=C1C.[CH2-]C(C)(C)C.[CH2-]C(C)(C)C.[CH2-]C(C)(C)C.[Pt+4]. The molecule has 0 amide bonds. The number of hydrogen-bond acceptors (Lipinski definition) is 3. The molecule has 0 bridgehead atoms. The third kappa shape index (κ3) is 30.5. The van der Waals surface area contributed by atoms with Gasteiger partial charge in [-0.2, -0.15) is 22.3 Å². The van der Waals surface area contributed by atoms with E-state index in [4.69, 9.17) is 13.3 Å². The number of hydrogen-bond donors (Lipinski definition) is 0. The molecule has 0 aromatic heterocycles. The van der Waals surface area contributed by atoms with Gasteiger partial charge in [0.2, 0.25) is 0 Å². The summed E-state index contributed by atoms with van der Waals surface area (Å²) in [5.41, 5.74) is 1.83. The van der Waals surface area contributed by atoms with Crippen molar-refractivity contribution < 1.29 is 34.3 Å². The third-order valence-corrected chi connectivity index (χ3v) is 5.06. The van der Waals surface area contributed by atoms with E-state index >= 15 is 0 Å². The average molecular weight is 608 g/mol. The predicted octanol–water partition coefficient (Wildman–Crippen LogP) is 7.08. The molecule has 0 saturated heterocycles. The zero-order valence-corrected chi connectivity index (χ0v) is 24.7. The van der Waals surface area contributed by atoms with Crippen molar-refractivity contribution in [3.63, 3.8) is 0 Å². The fraction of sp³-hybridized carbons (Fsp3) is 0.708. The van der Waals surface area contributed by atoms with Gasteiger partial charge in [0.25, 0.3) is 0 Å². The first-order valence-corrected chi connectivity index (χ1v) is 11.4. The molecular weight excluding hydrogens is 559 g/mol. The third-order valence-electron chi connectivity index (χ3n) is 2.21. The van der Waals surface area contributed by atoms with Crippen LogP contribution in [0.15, 0.2) is 16.8 Å². The van der Waals surface area contributed by atoms with E-state index in [1.54, 1.807) is 21.3 Å². The fourth-order valence-corrected chi connectivity index (χ4v) is 3.55. The Morgan fingerprint density at radius 1 is 0.759 bits per heavy atom. The molecule has 1 aliphatic carbocycles. The summed E-state index contributed by atoms with van der Waals surface area (Å²) in [6.45, 7) is 32.0. The van der Waals surface area contributed by atoms with Crippen LogP contribution in [0.5, 0.6) is 0 Å². The Kier molecular flexibility index (Phi) is 20.2. The maximum absolute atomic E-state index is 5.36. The van der Waals surface area contributed by atoms with Crippen molar-refractivity contribution >= 4 is 8.80 Å². The standard InChI is InChI=1S/C9H15O3Si.3C5H11.Pt/c1-8-6-5-7-9(8)13(10-2,11-3)12-4;3*1-5(2,3)4;/h7H,5H2,1-4H3;3*1H2,2-4H3;/q4*-1;+4. The summed E-state index contributed by atoms with van der Waals surface area (Å²) in [6.07, 6.45) is 6.08. The van der Waals surface area contributed by atoms with E-state index in [2.05, 4.69) is 95.2 Å². The topological polar surface area (TPSA) is 27.7 Å². The molecular formula is C24H48O3PtSi. The second-order valence-electron chi connectivity index (χ2n) is 10.5. The molecule has 0 unspecified atom stereocenters. The average Bonchev–Trinajstić information content (AvgIpc) is 2.83. The number of allylic oxidation sites excluding steroid dienone is 4. The first kappa shape index (κ1) is 36.6. The summed E-state index contributed by atoms with van der Waals surface area (Å²) in [4.78, 5) is 0. The first-order chi connectivity index (χ1) is 12.2. The van der Waals surface area contributed by atoms with Crippen LogP contribution in [0, 0.1) is 43.1 Å². The molecule has 5 heteroatoms. The quantitative estimate of drug-likeness (QED) is 0.253. The summed E-state index contributed by atoms with van der Waals surface area (Å²) in [7, 11) is 2.26. The van der Waals surface area contributed by atoms with Crippen molar-refractivity contribution in [2.75, 3.05) is 21.3 Å². The van der Waals surface area contributed by atoms with Gasteiger partial charge in [-0.05, 0) is 0 Å². The van der Waals surface area contributed by atoms with Gasteiger partial charge in [-0.15, -0.1) is 11.6 Å². The van der Waals surface area contributed by atoms with Crippen LogP contribution >= 0.6 is 0 Å². The van der Waals surface area contributed by atoms with Gasteiger partial charge in [0.05, 0.1) is 0 Å². The van der Waals surface area contributed by atoms with Gasteiger partial charge >= 0.3 is 29.9 Å². The van der Waals surface area contributed by atoms with Gasteiger partial charge in [-0.3, -0.25) is 6.08 Å². The van der Waals surface area contributed by atoms with Gasteiger partial charge < -0.3 is 34.0 Å². The Morgan fingerprint density at radius 2 is 1.00 bits per heavy atom. The van der Waals surface area contributed by atoms with Crippen LogP contribution in [0.2, 0.25) is 0 Å². The van der Waals surface area contributed by atoms with Crippen LogP contribution in [-0.4, -0.2) is 30.1 Å². The molecule has 0 atom stereocenters. The molecule has 0 N–H and O–H groups in total. The molecule has 0 heterocycles. The van der Waals surface area contributed by atoms with E-state index in [1.165, 1.54) is 0 Å². The van der Waals surface area contributed by atoms with Crippen molar-refractivity contribution in [2.45, 2.75) is 75.7 Å². The van der Waals surface area contributed by atoms with E-state index in [0.717, 1.165) is 17.2 Å². The first-order valence-electron chi connectivity index (χ1n) is 9.70. The van der Waals surface area contributed by atoms with E-state index in [9.17, 15) is 0 Å². The Labute approximate surface area is 199 Å². The van der Waals surface area contributed by atoms with Gasteiger partial charge in [0.1, 0.15) is 0 Å². The Hall–Kier alpha value is 0.265. The van der Waals surface area contributed by atoms with Crippen LogP contribution in [0.25, 0.3) is 0 Å². The van der Waals surface area contributed by atoms with Crippen LogP contribution < -0.4 is 0 Å². The maximum Gasteiger partial charge on any atom is 4.00 e. The van der Waals surface area contributed by atoms with Crippen LogP contribution in [-0.2, 0) is 34.3 Å². The van der Waals surface area contributed by atoms with E-state index in [0.29, 0.717) is 0 Å². The van der Waals surface area contributed by atoms with E-state index in [-0.39, 0.29) is 37.3 Å². The van der Waals surface area contributed by atoms with Gasteiger partial charge in [0, 0.05) is 21.3 Å². The smallest absolute Gasteiger partial charge is 0.386 e. The Morgan fingerprint density at radius 3 is 1.14 bits per heavy atom. The minimum atomic E-state index is -2.59. The molecule has 1 aliphatic rings. The van der Waals surface area contributed by atoms with Crippen molar-refractivity contribution in [1.29, 1.82) is 0 Å². The van der Waals surface area contributed by atoms with Crippen molar-refractivity contribution in [3.05, 3.63) is 43.7 Å². The fourth-order valence-electron chi connectivity index (χ4n) is 1.49. The molecule has 29 heavy (non-hydrogen) atoms. The second kappa shape index (κ2) is 16.0.